The van der Waals surface area contributed by atoms with Gasteiger partial charge in [-0.3, -0.25) is 14.9 Å². The molecule has 30 heavy (non-hydrogen) atoms. The van der Waals surface area contributed by atoms with Gasteiger partial charge in [0.1, 0.15) is 6.23 Å². The van der Waals surface area contributed by atoms with E-state index in [4.69, 9.17) is 5.11 Å². The van der Waals surface area contributed by atoms with E-state index in [1.54, 1.807) is 0 Å². The Hall–Kier alpha value is -1.14. The summed E-state index contributed by atoms with van der Waals surface area (Å²) < 4.78 is 0. The Kier molecular flexibility index (Phi) is 20.3. The van der Waals surface area contributed by atoms with Gasteiger partial charge in [0.2, 0.25) is 0 Å². The minimum atomic E-state index is -0.898. The molecule has 4 N–H and O–H groups in total. The Balaban J connectivity index is 3.48. The molecular formula is C24H47NO5. The van der Waals surface area contributed by atoms with Crippen molar-refractivity contribution in [2.24, 2.45) is 5.92 Å². The fraction of sp³-hybridized carbons (Fsp3) is 0.917. The van der Waals surface area contributed by atoms with Gasteiger partial charge in [-0.05, 0) is 38.6 Å². The highest BCUT2D eigenvalue weighted by atomic mass is 16.4. The zero-order valence-electron chi connectivity index (χ0n) is 19.2. The van der Waals surface area contributed by atoms with Crippen LogP contribution in [-0.2, 0) is 9.59 Å². The van der Waals surface area contributed by atoms with Crippen LogP contribution in [0.2, 0.25) is 0 Å². The molecule has 2 unspecified atom stereocenters. The minimum Gasteiger partial charge on any atom is -0.481 e. The van der Waals surface area contributed by atoms with Crippen molar-refractivity contribution < 1.29 is 24.9 Å². The molecule has 0 bridgehead atoms. The number of aliphatic hydroxyl groups is 1. The normalized spacial score (nSPS) is 13.3. The Morgan fingerprint density at radius 2 is 1.20 bits per heavy atom. The summed E-state index contributed by atoms with van der Waals surface area (Å²) in [6.07, 6.45) is 18.1. The molecule has 0 rings (SSSR count). The van der Waals surface area contributed by atoms with Gasteiger partial charge in [-0.15, -0.1) is 0 Å². The van der Waals surface area contributed by atoms with Crippen molar-refractivity contribution in [2.45, 2.75) is 129 Å². The number of unbranched alkanes of at least 4 members (excludes halogenated alkanes) is 12. The van der Waals surface area contributed by atoms with Gasteiger partial charge in [0.15, 0.2) is 0 Å². The lowest BCUT2D eigenvalue weighted by Crippen LogP contribution is -2.31. The Morgan fingerprint density at radius 1 is 0.700 bits per heavy atom. The van der Waals surface area contributed by atoms with Gasteiger partial charge >= 0.3 is 11.9 Å². The number of carbonyl (C=O) groups is 2. The first kappa shape index (κ1) is 28.9. The molecule has 0 heterocycles. The van der Waals surface area contributed by atoms with Crippen molar-refractivity contribution in [3.63, 3.8) is 0 Å². The van der Waals surface area contributed by atoms with Crippen molar-refractivity contribution in [3.05, 3.63) is 0 Å². The Morgan fingerprint density at radius 3 is 1.67 bits per heavy atom. The first-order chi connectivity index (χ1) is 14.5. The van der Waals surface area contributed by atoms with Crippen molar-refractivity contribution in [2.75, 3.05) is 6.54 Å². The number of aliphatic hydroxyl groups excluding tert-OH is 1. The van der Waals surface area contributed by atoms with Gasteiger partial charge in [-0.2, -0.15) is 0 Å². The number of hydrogen-bond acceptors (Lipinski definition) is 4. The van der Waals surface area contributed by atoms with Crippen molar-refractivity contribution in [3.8, 4) is 0 Å². The Labute approximate surface area is 183 Å². The molecule has 0 amide bonds. The van der Waals surface area contributed by atoms with Gasteiger partial charge in [0, 0.05) is 6.42 Å². The minimum absolute atomic E-state index is 0.00111. The fourth-order valence-electron chi connectivity index (χ4n) is 3.77. The van der Waals surface area contributed by atoms with Gasteiger partial charge in [0.25, 0.3) is 0 Å². The highest BCUT2D eigenvalue weighted by Gasteiger charge is 2.17. The lowest BCUT2D eigenvalue weighted by atomic mass is 9.98. The zero-order chi connectivity index (χ0) is 22.5. The zero-order valence-corrected chi connectivity index (χ0v) is 19.2. The Bertz CT molecular complexity index is 416. The number of carboxylic acids is 2. The van der Waals surface area contributed by atoms with Gasteiger partial charge < -0.3 is 15.3 Å². The van der Waals surface area contributed by atoms with Crippen LogP contribution in [0.25, 0.3) is 0 Å². The maximum atomic E-state index is 11.2. The SMILES string of the molecule is CCCCCCCCCCCCCCCC(O)NCCC(CCCC(=O)O)C(=O)O. The average molecular weight is 430 g/mol. The second-order valence-corrected chi connectivity index (χ2v) is 8.61. The molecule has 6 heteroatoms. The summed E-state index contributed by atoms with van der Waals surface area (Å²) in [6, 6.07) is 0. The first-order valence-electron chi connectivity index (χ1n) is 12.3. The van der Waals surface area contributed by atoms with Crippen LogP contribution in [0.3, 0.4) is 0 Å². The van der Waals surface area contributed by atoms with E-state index >= 15 is 0 Å². The molecule has 0 aromatic carbocycles. The van der Waals surface area contributed by atoms with Crippen molar-refractivity contribution in [1.82, 2.24) is 5.32 Å². The quantitative estimate of drug-likeness (QED) is 0.122. The molecule has 0 aromatic rings. The largest absolute Gasteiger partial charge is 0.481 e. The van der Waals surface area contributed by atoms with E-state index in [0.717, 1.165) is 12.8 Å². The molecule has 0 aliphatic rings. The number of carboxylic acid groups (broad SMARTS) is 2. The maximum absolute atomic E-state index is 11.2. The number of aliphatic carboxylic acids is 2. The average Bonchev–Trinajstić information content (AvgIpc) is 2.70. The summed E-state index contributed by atoms with van der Waals surface area (Å²) in [5, 5.41) is 30.8. The van der Waals surface area contributed by atoms with E-state index in [-0.39, 0.29) is 6.42 Å². The molecule has 0 spiro atoms. The highest BCUT2D eigenvalue weighted by molar-refractivity contribution is 5.70. The lowest BCUT2D eigenvalue weighted by molar-refractivity contribution is -0.143. The molecular weight excluding hydrogens is 382 g/mol. The number of hydrogen-bond donors (Lipinski definition) is 4. The van der Waals surface area contributed by atoms with E-state index in [1.165, 1.54) is 70.6 Å². The smallest absolute Gasteiger partial charge is 0.306 e. The van der Waals surface area contributed by atoms with E-state index in [0.29, 0.717) is 32.2 Å². The molecule has 6 nitrogen and oxygen atoms in total. The van der Waals surface area contributed by atoms with Crippen molar-refractivity contribution in [1.29, 1.82) is 0 Å². The third-order valence-electron chi connectivity index (χ3n) is 5.75. The maximum Gasteiger partial charge on any atom is 0.306 e. The predicted octanol–water partition coefficient (Wildman–Crippen LogP) is 5.72. The van der Waals surface area contributed by atoms with Crippen LogP contribution in [-0.4, -0.2) is 40.0 Å². The fourth-order valence-corrected chi connectivity index (χ4v) is 3.77. The molecule has 0 fully saturated rings. The van der Waals surface area contributed by atoms with Gasteiger partial charge in [-0.25, -0.2) is 0 Å². The monoisotopic (exact) mass is 429 g/mol. The number of rotatable bonds is 23. The molecule has 2 atom stereocenters. The summed E-state index contributed by atoms with van der Waals surface area (Å²) >= 11 is 0. The van der Waals surface area contributed by atoms with Crippen LogP contribution in [0, 0.1) is 5.92 Å². The molecule has 0 aliphatic heterocycles. The van der Waals surface area contributed by atoms with E-state index in [9.17, 15) is 19.8 Å². The topological polar surface area (TPSA) is 107 Å². The third-order valence-corrected chi connectivity index (χ3v) is 5.75. The van der Waals surface area contributed by atoms with Crippen LogP contribution in [0.15, 0.2) is 0 Å². The van der Waals surface area contributed by atoms with Gasteiger partial charge in [0.05, 0.1) is 5.92 Å². The predicted molar refractivity (Wildman–Crippen MR) is 122 cm³/mol. The molecule has 0 saturated carbocycles. The summed E-state index contributed by atoms with van der Waals surface area (Å²) in [7, 11) is 0. The first-order valence-corrected chi connectivity index (χ1v) is 12.3. The number of nitrogens with one attached hydrogen (secondary N) is 1. The van der Waals surface area contributed by atoms with E-state index < -0.39 is 24.1 Å². The lowest BCUT2D eigenvalue weighted by Gasteiger charge is -2.15. The van der Waals surface area contributed by atoms with Crippen LogP contribution in [0.4, 0.5) is 0 Å². The van der Waals surface area contributed by atoms with Gasteiger partial charge in [-0.1, -0.05) is 84.0 Å². The second kappa shape index (κ2) is 21.1. The van der Waals surface area contributed by atoms with Crippen LogP contribution < -0.4 is 5.32 Å². The highest BCUT2D eigenvalue weighted by Crippen LogP contribution is 2.14. The molecule has 178 valence electrons. The van der Waals surface area contributed by atoms with Crippen LogP contribution in [0.5, 0.6) is 0 Å². The molecule has 0 aromatic heterocycles. The van der Waals surface area contributed by atoms with E-state index in [2.05, 4.69) is 12.2 Å². The molecule has 0 aliphatic carbocycles. The molecule has 0 saturated heterocycles. The van der Waals surface area contributed by atoms with E-state index in [1.807, 2.05) is 0 Å². The van der Waals surface area contributed by atoms with Crippen LogP contribution >= 0.6 is 0 Å². The second-order valence-electron chi connectivity index (χ2n) is 8.61. The van der Waals surface area contributed by atoms with Crippen molar-refractivity contribution >= 4 is 11.9 Å². The third kappa shape index (κ3) is 20.1. The summed E-state index contributed by atoms with van der Waals surface area (Å²) in [4.78, 5) is 21.7. The summed E-state index contributed by atoms with van der Waals surface area (Å²) in [5.74, 6) is -2.35. The summed E-state index contributed by atoms with van der Waals surface area (Å²) in [5.41, 5.74) is 0. The van der Waals surface area contributed by atoms with Crippen LogP contribution in [0.1, 0.15) is 122 Å². The standard InChI is InChI=1S/C24H47NO5/c1-2-3-4-5-6-7-8-9-10-11-12-13-14-17-22(26)25-20-19-21(24(29)30)16-15-18-23(27)28/h21-22,25-26H,2-20H2,1H3,(H,27,28)(H,29,30). The molecule has 0 radical (unpaired) electrons. The summed E-state index contributed by atoms with van der Waals surface area (Å²) in [6.45, 7) is 2.69.